The molecule has 0 amide bonds. The van der Waals surface area contributed by atoms with Crippen LogP contribution < -0.4 is 4.74 Å². The second-order valence-electron chi connectivity index (χ2n) is 5.93. The highest BCUT2D eigenvalue weighted by Crippen LogP contribution is 2.52. The molecule has 2 aromatic rings. The Balaban J connectivity index is 2.03. The van der Waals surface area contributed by atoms with Crippen LogP contribution in [0.4, 0.5) is 0 Å². The number of fused-ring (bicyclic) bond motifs is 4. The average molecular weight is 286 g/mol. The maximum Gasteiger partial charge on any atom is 0.343 e. The lowest BCUT2D eigenvalue weighted by Gasteiger charge is -2.20. The molecular weight excluding hydrogens is 268 g/mol. The Morgan fingerprint density at radius 3 is 2.71 bits per heavy atom. The van der Waals surface area contributed by atoms with Crippen LogP contribution in [0.15, 0.2) is 16.5 Å². The zero-order valence-electron chi connectivity index (χ0n) is 12.3. The summed E-state index contributed by atoms with van der Waals surface area (Å²) >= 11 is 0. The highest BCUT2D eigenvalue weighted by molar-refractivity contribution is 6.08. The van der Waals surface area contributed by atoms with Gasteiger partial charge in [-0.25, -0.2) is 4.79 Å². The monoisotopic (exact) mass is 286 g/mol. The van der Waals surface area contributed by atoms with E-state index in [9.17, 15) is 4.79 Å². The van der Waals surface area contributed by atoms with Gasteiger partial charge in [0.1, 0.15) is 5.56 Å². The Bertz CT molecular complexity index is 735. The fraction of sp³-hybridized carbons (Fsp3) is 0.471. The first-order valence-corrected chi connectivity index (χ1v) is 7.56. The number of rotatable bonds is 2. The molecule has 2 heterocycles. The quantitative estimate of drug-likeness (QED) is 0.784. The summed E-state index contributed by atoms with van der Waals surface area (Å²) in [5, 5.41) is 0.829. The maximum atomic E-state index is 12.4. The molecule has 4 nitrogen and oxygen atoms in total. The van der Waals surface area contributed by atoms with Gasteiger partial charge in [-0.15, -0.1) is 0 Å². The Morgan fingerprint density at radius 1 is 1.29 bits per heavy atom. The maximum absolute atomic E-state index is 12.4. The minimum atomic E-state index is -0.525. The smallest absolute Gasteiger partial charge is 0.343 e. The zero-order chi connectivity index (χ0) is 14.6. The predicted molar refractivity (Wildman–Crippen MR) is 77.7 cm³/mol. The summed E-state index contributed by atoms with van der Waals surface area (Å²) < 4.78 is 17.2. The summed E-state index contributed by atoms with van der Waals surface area (Å²) in [4.78, 5) is 12.4. The summed E-state index contributed by atoms with van der Waals surface area (Å²) in [6.45, 7) is 2.08. The molecule has 1 fully saturated rings. The molecule has 0 radical (unpaired) electrons. The van der Waals surface area contributed by atoms with E-state index in [0.717, 1.165) is 43.1 Å². The summed E-state index contributed by atoms with van der Waals surface area (Å²) in [5.74, 6) is 1.16. The van der Waals surface area contributed by atoms with Crippen molar-refractivity contribution in [3.8, 4) is 5.75 Å². The first kappa shape index (κ1) is 12.7. The molecule has 0 unspecified atom stereocenters. The van der Waals surface area contributed by atoms with Crippen molar-refractivity contribution in [3.63, 3.8) is 0 Å². The van der Waals surface area contributed by atoms with Gasteiger partial charge >= 0.3 is 5.97 Å². The van der Waals surface area contributed by atoms with Gasteiger partial charge < -0.3 is 13.9 Å². The summed E-state index contributed by atoms with van der Waals surface area (Å²) in [5.41, 5.74) is 1.88. The molecule has 1 aromatic carbocycles. The molecule has 0 saturated heterocycles. The second kappa shape index (κ2) is 4.26. The highest BCUT2D eigenvalue weighted by atomic mass is 16.6. The molecule has 1 aliphatic carbocycles. The van der Waals surface area contributed by atoms with Crippen LogP contribution in [0.3, 0.4) is 0 Å². The SMILES string of the molecule is CCc1cc(OC)c2oc3c(c2c1)C(=O)OC31CCCC1. The van der Waals surface area contributed by atoms with Gasteiger partial charge in [0.2, 0.25) is 0 Å². The van der Waals surface area contributed by atoms with Crippen molar-refractivity contribution in [2.45, 2.75) is 44.6 Å². The molecule has 1 aliphatic heterocycles. The van der Waals surface area contributed by atoms with Gasteiger partial charge in [0.05, 0.1) is 7.11 Å². The molecule has 2 aliphatic rings. The van der Waals surface area contributed by atoms with Crippen LogP contribution >= 0.6 is 0 Å². The third kappa shape index (κ3) is 1.59. The van der Waals surface area contributed by atoms with E-state index in [4.69, 9.17) is 13.9 Å². The first-order valence-electron chi connectivity index (χ1n) is 7.56. The Morgan fingerprint density at radius 2 is 2.05 bits per heavy atom. The number of furan rings is 1. The van der Waals surface area contributed by atoms with E-state index >= 15 is 0 Å². The van der Waals surface area contributed by atoms with Gasteiger partial charge in [-0.2, -0.15) is 0 Å². The summed E-state index contributed by atoms with van der Waals surface area (Å²) in [6.07, 6.45) is 4.73. The van der Waals surface area contributed by atoms with Gasteiger partial charge in [0, 0.05) is 5.39 Å². The number of hydrogen-bond acceptors (Lipinski definition) is 4. The molecule has 1 spiro atoms. The third-order valence-corrected chi connectivity index (χ3v) is 4.76. The summed E-state index contributed by atoms with van der Waals surface area (Å²) in [7, 11) is 1.63. The Hall–Kier alpha value is -1.97. The van der Waals surface area contributed by atoms with E-state index in [1.54, 1.807) is 7.11 Å². The number of ether oxygens (including phenoxy) is 2. The van der Waals surface area contributed by atoms with Gasteiger partial charge in [0.25, 0.3) is 0 Å². The largest absolute Gasteiger partial charge is 0.493 e. The van der Waals surface area contributed by atoms with Crippen LogP contribution in [0.25, 0.3) is 11.0 Å². The van der Waals surface area contributed by atoms with Crippen molar-refractivity contribution in [2.75, 3.05) is 7.11 Å². The van der Waals surface area contributed by atoms with Crippen molar-refractivity contribution < 1.29 is 18.7 Å². The number of benzene rings is 1. The predicted octanol–water partition coefficient (Wildman–Crippen LogP) is 3.94. The number of hydrogen-bond donors (Lipinski definition) is 0. The van der Waals surface area contributed by atoms with E-state index in [2.05, 4.69) is 6.92 Å². The zero-order valence-corrected chi connectivity index (χ0v) is 12.3. The van der Waals surface area contributed by atoms with Crippen LogP contribution in [0.5, 0.6) is 5.75 Å². The van der Waals surface area contributed by atoms with E-state index in [-0.39, 0.29) is 5.97 Å². The molecule has 4 rings (SSSR count). The van der Waals surface area contributed by atoms with E-state index in [1.165, 1.54) is 0 Å². The number of esters is 1. The van der Waals surface area contributed by atoms with E-state index in [1.807, 2.05) is 12.1 Å². The normalized spacial score (nSPS) is 19.2. The fourth-order valence-electron chi connectivity index (χ4n) is 3.65. The van der Waals surface area contributed by atoms with Crippen LogP contribution in [0.1, 0.15) is 54.3 Å². The van der Waals surface area contributed by atoms with Crippen LogP contribution in [0.2, 0.25) is 0 Å². The number of methoxy groups -OCH3 is 1. The van der Waals surface area contributed by atoms with E-state index < -0.39 is 5.60 Å². The molecule has 4 heteroatoms. The standard InChI is InChI=1S/C17H18O4/c1-3-10-8-11-13-15(20-14(11)12(9-10)19-2)17(21-16(13)18)6-4-5-7-17/h8-9H,3-7H2,1-2H3. The molecule has 21 heavy (non-hydrogen) atoms. The minimum absolute atomic E-state index is 0.249. The van der Waals surface area contributed by atoms with Crippen LogP contribution in [-0.4, -0.2) is 13.1 Å². The molecule has 0 atom stereocenters. The number of carbonyl (C=O) groups excluding carboxylic acids is 1. The minimum Gasteiger partial charge on any atom is -0.493 e. The molecule has 0 N–H and O–H groups in total. The third-order valence-electron chi connectivity index (χ3n) is 4.76. The van der Waals surface area contributed by atoms with Gasteiger partial charge in [0.15, 0.2) is 22.7 Å². The lowest BCUT2D eigenvalue weighted by atomic mass is 9.97. The first-order chi connectivity index (χ1) is 10.2. The molecule has 1 aromatic heterocycles. The lowest BCUT2D eigenvalue weighted by molar-refractivity contribution is -0.0130. The van der Waals surface area contributed by atoms with Crippen molar-refractivity contribution >= 4 is 16.9 Å². The van der Waals surface area contributed by atoms with Gasteiger partial charge in [-0.1, -0.05) is 6.92 Å². The molecule has 1 saturated carbocycles. The number of carbonyl (C=O) groups is 1. The Labute approximate surface area is 123 Å². The highest BCUT2D eigenvalue weighted by Gasteiger charge is 2.51. The molecule has 110 valence electrons. The second-order valence-corrected chi connectivity index (χ2v) is 5.93. The molecule has 0 bridgehead atoms. The van der Waals surface area contributed by atoms with Crippen molar-refractivity contribution in [2.24, 2.45) is 0 Å². The van der Waals surface area contributed by atoms with E-state index in [0.29, 0.717) is 22.7 Å². The van der Waals surface area contributed by atoms with Crippen molar-refractivity contribution in [1.82, 2.24) is 0 Å². The van der Waals surface area contributed by atoms with Gasteiger partial charge in [-0.05, 0) is 49.8 Å². The average Bonchev–Trinajstić information content (AvgIpc) is 3.16. The van der Waals surface area contributed by atoms with Gasteiger partial charge in [-0.3, -0.25) is 0 Å². The topological polar surface area (TPSA) is 48.7 Å². The summed E-state index contributed by atoms with van der Waals surface area (Å²) in [6, 6.07) is 4.00. The molecular formula is C17H18O4. The van der Waals surface area contributed by atoms with Crippen LogP contribution in [0, 0.1) is 0 Å². The Kier molecular flexibility index (Phi) is 2.59. The lowest BCUT2D eigenvalue weighted by Crippen LogP contribution is -2.21. The van der Waals surface area contributed by atoms with Crippen LogP contribution in [-0.2, 0) is 16.8 Å². The van der Waals surface area contributed by atoms with Crippen molar-refractivity contribution in [3.05, 3.63) is 29.0 Å². The fourth-order valence-corrected chi connectivity index (χ4v) is 3.65. The van der Waals surface area contributed by atoms with Crippen molar-refractivity contribution in [1.29, 1.82) is 0 Å². The number of aryl methyl sites for hydroxylation is 1.